The smallest absolute Gasteiger partial charge is 0.252 e. The predicted octanol–water partition coefficient (Wildman–Crippen LogP) is 8.68. The first kappa shape index (κ1) is 31.1. The SMILES string of the molecule is Fc1cccc(F)c1N1c2ccccc2B2c3ccc(-c4ccccc4)cc3N3c4cc(-c5ccccc5)ccc4B4c5ccccc5Sc5cc1c2c3c54. The molecule has 0 aliphatic carbocycles. The second-order valence-electron chi connectivity index (χ2n) is 14.7. The first-order valence-electron chi connectivity index (χ1n) is 18.6. The van der Waals surface area contributed by atoms with Crippen LogP contribution in [0.4, 0.5) is 42.9 Å². The van der Waals surface area contributed by atoms with E-state index in [1.54, 1.807) is 11.8 Å². The summed E-state index contributed by atoms with van der Waals surface area (Å²) in [4.78, 5) is 6.61. The molecule has 4 aliphatic heterocycles. The van der Waals surface area contributed by atoms with Gasteiger partial charge in [-0.25, -0.2) is 8.78 Å². The second kappa shape index (κ2) is 11.6. The van der Waals surface area contributed by atoms with E-state index in [9.17, 15) is 0 Å². The van der Waals surface area contributed by atoms with Crippen LogP contribution in [0.25, 0.3) is 22.3 Å². The fourth-order valence-corrected chi connectivity index (χ4v) is 10.8. The van der Waals surface area contributed by atoms with E-state index in [0.717, 1.165) is 72.0 Å². The molecular formula is C48H28B2F2N2S. The maximum absolute atomic E-state index is 16.2. The summed E-state index contributed by atoms with van der Waals surface area (Å²) in [6, 6.07) is 58.1. The van der Waals surface area contributed by atoms with Crippen molar-refractivity contribution in [2.24, 2.45) is 0 Å². The van der Waals surface area contributed by atoms with Crippen molar-refractivity contribution in [2.45, 2.75) is 9.79 Å². The fraction of sp³-hybridized carbons (Fsp3) is 0. The molecule has 0 N–H and O–H groups in total. The summed E-state index contributed by atoms with van der Waals surface area (Å²) in [6.45, 7) is -0.200. The zero-order chi connectivity index (χ0) is 36.4. The lowest BCUT2D eigenvalue weighted by atomic mass is 9.29. The van der Waals surface area contributed by atoms with E-state index in [1.807, 2.05) is 23.1 Å². The van der Waals surface area contributed by atoms with Gasteiger partial charge in [-0.15, -0.1) is 0 Å². The molecule has 7 heteroatoms. The van der Waals surface area contributed by atoms with E-state index in [1.165, 1.54) is 39.5 Å². The average molecular weight is 724 g/mol. The standard InChI is InChI=1S/C48H28B2F2N2S/c51-37-18-11-19-38(52)47(37)53-39-20-9-7-16-33(39)49-34-24-22-31(29-12-3-1-4-13-29)26-40(34)54-41-27-32(30-14-5-2-6-15-30)23-25-35(41)50-36-17-8-10-21-43(36)55-44-28-42(53)45(49)48(54)46(44)50/h1-28H. The summed E-state index contributed by atoms with van der Waals surface area (Å²) in [5, 5.41) is 0. The van der Waals surface area contributed by atoms with Crippen LogP contribution < -0.4 is 42.6 Å². The minimum Gasteiger partial charge on any atom is -0.312 e. The normalized spacial score (nSPS) is 13.8. The average Bonchev–Trinajstić information content (AvgIpc) is 3.24. The van der Waals surface area contributed by atoms with Crippen LogP contribution in [0, 0.1) is 11.6 Å². The fourth-order valence-electron chi connectivity index (χ4n) is 9.59. The Morgan fingerprint density at radius 1 is 0.364 bits per heavy atom. The van der Waals surface area contributed by atoms with Crippen molar-refractivity contribution in [1.29, 1.82) is 0 Å². The minimum atomic E-state index is -0.596. The Morgan fingerprint density at radius 3 is 1.55 bits per heavy atom. The van der Waals surface area contributed by atoms with Gasteiger partial charge in [0.2, 0.25) is 6.71 Å². The van der Waals surface area contributed by atoms with Gasteiger partial charge in [0, 0.05) is 38.2 Å². The van der Waals surface area contributed by atoms with Gasteiger partial charge in [0.05, 0.1) is 0 Å². The van der Waals surface area contributed by atoms with Crippen molar-refractivity contribution in [3.63, 3.8) is 0 Å². The van der Waals surface area contributed by atoms with Gasteiger partial charge >= 0.3 is 0 Å². The molecule has 12 rings (SSSR count). The zero-order valence-electron chi connectivity index (χ0n) is 29.4. The third-order valence-electron chi connectivity index (χ3n) is 11.8. The van der Waals surface area contributed by atoms with Crippen LogP contribution in [0.5, 0.6) is 0 Å². The van der Waals surface area contributed by atoms with E-state index in [0.29, 0.717) is 0 Å². The van der Waals surface area contributed by atoms with E-state index in [4.69, 9.17) is 0 Å². The number of halogens is 2. The molecule has 4 aliphatic rings. The van der Waals surface area contributed by atoms with Gasteiger partial charge < -0.3 is 9.80 Å². The third-order valence-corrected chi connectivity index (χ3v) is 13.0. The van der Waals surface area contributed by atoms with Gasteiger partial charge in [-0.3, -0.25) is 0 Å². The summed E-state index contributed by atoms with van der Waals surface area (Å²) < 4.78 is 32.3. The Bertz CT molecular complexity index is 2850. The number of hydrogen-bond acceptors (Lipinski definition) is 3. The summed E-state index contributed by atoms with van der Waals surface area (Å²) in [5.41, 5.74) is 16.4. The highest BCUT2D eigenvalue weighted by atomic mass is 32.2. The highest BCUT2D eigenvalue weighted by Gasteiger charge is 2.50. The molecule has 8 aromatic carbocycles. The van der Waals surface area contributed by atoms with E-state index < -0.39 is 11.6 Å². The molecule has 0 atom stereocenters. The zero-order valence-corrected chi connectivity index (χ0v) is 30.2. The van der Waals surface area contributed by atoms with Crippen LogP contribution in [-0.4, -0.2) is 13.4 Å². The molecule has 8 aromatic rings. The molecule has 0 bridgehead atoms. The van der Waals surface area contributed by atoms with E-state index >= 15 is 8.78 Å². The largest absolute Gasteiger partial charge is 0.312 e. The maximum Gasteiger partial charge on any atom is 0.252 e. The Morgan fingerprint density at radius 2 is 0.891 bits per heavy atom. The van der Waals surface area contributed by atoms with E-state index in [-0.39, 0.29) is 19.1 Å². The lowest BCUT2D eigenvalue weighted by Gasteiger charge is -2.49. The molecule has 0 saturated carbocycles. The van der Waals surface area contributed by atoms with Gasteiger partial charge in [-0.05, 0) is 92.0 Å². The molecule has 4 heterocycles. The molecule has 55 heavy (non-hydrogen) atoms. The quantitative estimate of drug-likeness (QED) is 0.169. The Kier molecular flexibility index (Phi) is 6.56. The van der Waals surface area contributed by atoms with Crippen LogP contribution >= 0.6 is 11.8 Å². The van der Waals surface area contributed by atoms with Crippen LogP contribution in [0.15, 0.2) is 180 Å². The van der Waals surface area contributed by atoms with Crippen molar-refractivity contribution in [1.82, 2.24) is 0 Å². The number of benzene rings is 8. The van der Waals surface area contributed by atoms with Gasteiger partial charge in [0.25, 0.3) is 6.71 Å². The van der Waals surface area contributed by atoms with Crippen molar-refractivity contribution in [2.75, 3.05) is 9.80 Å². The van der Waals surface area contributed by atoms with Crippen LogP contribution in [0.2, 0.25) is 0 Å². The molecule has 0 saturated heterocycles. The molecule has 0 aromatic heterocycles. The van der Waals surface area contributed by atoms with Crippen LogP contribution in [-0.2, 0) is 0 Å². The van der Waals surface area contributed by atoms with Gasteiger partial charge in [0.15, 0.2) is 0 Å². The lowest BCUT2D eigenvalue weighted by molar-refractivity contribution is 0.586. The molecule has 0 amide bonds. The summed E-state index contributed by atoms with van der Waals surface area (Å²) in [7, 11) is 0. The highest BCUT2D eigenvalue weighted by molar-refractivity contribution is 8.00. The lowest BCUT2D eigenvalue weighted by Crippen LogP contribution is -2.68. The van der Waals surface area contributed by atoms with Crippen molar-refractivity contribution >= 4 is 92.1 Å². The molecule has 0 radical (unpaired) electrons. The Hall–Kier alpha value is -6.30. The number of fused-ring (bicyclic) bond motifs is 10. The summed E-state index contributed by atoms with van der Waals surface area (Å²) in [5.74, 6) is -1.19. The van der Waals surface area contributed by atoms with Crippen LogP contribution in [0.1, 0.15) is 0 Å². The van der Waals surface area contributed by atoms with Gasteiger partial charge in [0.1, 0.15) is 17.3 Å². The van der Waals surface area contributed by atoms with Crippen LogP contribution in [0.3, 0.4) is 0 Å². The summed E-state index contributed by atoms with van der Waals surface area (Å²) in [6.07, 6.45) is 0. The molecule has 0 fully saturated rings. The first-order valence-corrected chi connectivity index (χ1v) is 19.4. The molecule has 0 unspecified atom stereocenters. The number of anilines is 6. The number of nitrogens with zero attached hydrogens (tertiary/aromatic N) is 2. The number of rotatable bonds is 3. The van der Waals surface area contributed by atoms with Crippen molar-refractivity contribution < 1.29 is 8.78 Å². The monoisotopic (exact) mass is 724 g/mol. The van der Waals surface area contributed by atoms with E-state index in [2.05, 4.69) is 138 Å². The Labute approximate surface area is 322 Å². The number of hydrogen-bond donors (Lipinski definition) is 0. The third kappa shape index (κ3) is 4.33. The molecule has 256 valence electrons. The van der Waals surface area contributed by atoms with Crippen molar-refractivity contribution in [3.8, 4) is 22.3 Å². The molecule has 0 spiro atoms. The van der Waals surface area contributed by atoms with Gasteiger partial charge in [-0.1, -0.05) is 145 Å². The Balaban J connectivity index is 1.24. The molecule has 2 nitrogen and oxygen atoms in total. The second-order valence-corrected chi connectivity index (χ2v) is 15.7. The minimum absolute atomic E-state index is 0.0286. The first-order chi connectivity index (χ1) is 27.1. The maximum atomic E-state index is 16.2. The highest BCUT2D eigenvalue weighted by Crippen LogP contribution is 2.49. The van der Waals surface area contributed by atoms with Gasteiger partial charge in [-0.2, -0.15) is 0 Å². The van der Waals surface area contributed by atoms with Crippen molar-refractivity contribution in [3.05, 3.63) is 181 Å². The predicted molar refractivity (Wildman–Crippen MR) is 226 cm³/mol. The number of para-hydroxylation sites is 2. The summed E-state index contributed by atoms with van der Waals surface area (Å²) >= 11 is 1.75. The topological polar surface area (TPSA) is 6.48 Å². The molecular weight excluding hydrogens is 696 g/mol.